The summed E-state index contributed by atoms with van der Waals surface area (Å²) in [5, 5.41) is 3.65. The third kappa shape index (κ3) is 5.18. The van der Waals surface area contributed by atoms with Gasteiger partial charge in [-0.05, 0) is 70.5 Å². The Bertz CT molecular complexity index is 1310. The first-order valence-electron chi connectivity index (χ1n) is 12.0. The van der Waals surface area contributed by atoms with Crippen LogP contribution in [-0.4, -0.2) is 64.3 Å². The lowest BCUT2D eigenvalue weighted by molar-refractivity contribution is -0.106. The normalized spacial score (nSPS) is 18.7. The molecule has 0 radical (unpaired) electrons. The molecule has 2 aromatic heterocycles. The Hall–Kier alpha value is -3.54. The Kier molecular flexibility index (Phi) is 7.53. The zero-order valence-corrected chi connectivity index (χ0v) is 22.0. The first-order chi connectivity index (χ1) is 17.3. The molecule has 0 bridgehead atoms. The van der Waals surface area contributed by atoms with Crippen LogP contribution in [0.2, 0.25) is 0 Å². The smallest absolute Gasteiger partial charge is 0.323 e. The molecule has 186 valence electrons. The number of rotatable bonds is 3. The number of urea groups is 1. The van der Waals surface area contributed by atoms with Crippen molar-refractivity contribution in [2.75, 3.05) is 32.0 Å². The number of aryl methyl sites for hydroxylation is 2. The SMILES string of the molecule is C#Cc1cccc(-c2nc(NC(=O)N3CCC4(CCN4C)C3)sc2-c2cc(C)nc(C)c2)c1.CC=O. The second kappa shape index (κ2) is 10.6. The number of pyridine rings is 1. The molecule has 2 amide bonds. The fourth-order valence-corrected chi connectivity index (χ4v) is 5.82. The van der Waals surface area contributed by atoms with Gasteiger partial charge in [0.15, 0.2) is 5.13 Å². The Balaban J connectivity index is 0.000000967. The number of thiazole rings is 1. The van der Waals surface area contributed by atoms with Gasteiger partial charge >= 0.3 is 6.03 Å². The maximum Gasteiger partial charge on any atom is 0.323 e. The molecule has 2 saturated heterocycles. The van der Waals surface area contributed by atoms with Crippen molar-refractivity contribution in [3.8, 4) is 34.0 Å². The second-order valence-electron chi connectivity index (χ2n) is 9.29. The van der Waals surface area contributed by atoms with Crippen LogP contribution < -0.4 is 5.32 Å². The number of carbonyl (C=O) groups excluding carboxylic acids is 2. The quantitative estimate of drug-likeness (QED) is 0.404. The molecule has 1 unspecified atom stereocenters. The van der Waals surface area contributed by atoms with Gasteiger partial charge in [-0.2, -0.15) is 0 Å². The van der Waals surface area contributed by atoms with Crippen LogP contribution in [0.3, 0.4) is 0 Å². The van der Waals surface area contributed by atoms with E-state index >= 15 is 0 Å². The number of nitrogens with one attached hydrogen (secondary N) is 1. The lowest BCUT2D eigenvalue weighted by atomic mass is 9.85. The number of benzene rings is 1. The highest BCUT2D eigenvalue weighted by molar-refractivity contribution is 7.19. The number of nitrogens with zero attached hydrogens (tertiary/aromatic N) is 4. The van der Waals surface area contributed by atoms with Crippen molar-refractivity contribution in [2.45, 2.75) is 39.2 Å². The summed E-state index contributed by atoms with van der Waals surface area (Å²) >= 11 is 1.49. The summed E-state index contributed by atoms with van der Waals surface area (Å²) in [5.41, 5.74) is 5.63. The van der Waals surface area contributed by atoms with Gasteiger partial charge in [0, 0.05) is 47.7 Å². The molecule has 1 atom stereocenters. The van der Waals surface area contributed by atoms with E-state index < -0.39 is 0 Å². The molecule has 36 heavy (non-hydrogen) atoms. The average molecular weight is 502 g/mol. The summed E-state index contributed by atoms with van der Waals surface area (Å²) in [6.07, 6.45) is 8.57. The highest BCUT2D eigenvalue weighted by atomic mass is 32.1. The third-order valence-corrected chi connectivity index (χ3v) is 7.85. The lowest BCUT2D eigenvalue weighted by Crippen LogP contribution is -2.59. The van der Waals surface area contributed by atoms with Crippen LogP contribution in [0, 0.1) is 26.2 Å². The summed E-state index contributed by atoms with van der Waals surface area (Å²) in [6.45, 7) is 8.07. The maximum atomic E-state index is 13.1. The number of carbonyl (C=O) groups is 2. The first-order valence-corrected chi connectivity index (χ1v) is 12.8. The molecule has 7 nitrogen and oxygen atoms in total. The zero-order chi connectivity index (χ0) is 25.9. The number of hydrogen-bond donors (Lipinski definition) is 1. The number of amides is 2. The molecular weight excluding hydrogens is 470 g/mol. The highest BCUT2D eigenvalue weighted by Gasteiger charge is 2.48. The predicted octanol–water partition coefficient (Wildman–Crippen LogP) is 4.99. The molecule has 0 aliphatic carbocycles. The van der Waals surface area contributed by atoms with E-state index in [0.29, 0.717) is 5.13 Å². The van der Waals surface area contributed by atoms with Gasteiger partial charge in [-0.1, -0.05) is 29.4 Å². The summed E-state index contributed by atoms with van der Waals surface area (Å²) in [5.74, 6) is 2.70. The number of likely N-dealkylation sites (N-methyl/N-ethyl adjacent to an activating group) is 1. The van der Waals surface area contributed by atoms with Gasteiger partial charge in [0.25, 0.3) is 0 Å². The van der Waals surface area contributed by atoms with Crippen LogP contribution in [-0.2, 0) is 4.79 Å². The molecule has 1 spiro atoms. The minimum absolute atomic E-state index is 0.0847. The molecule has 1 aromatic carbocycles. The fraction of sp³-hybridized carbons (Fsp3) is 0.357. The Morgan fingerprint density at radius 3 is 2.42 bits per heavy atom. The minimum Gasteiger partial charge on any atom is -0.323 e. The summed E-state index contributed by atoms with van der Waals surface area (Å²) in [6, 6.07) is 11.8. The maximum absolute atomic E-state index is 13.1. The summed E-state index contributed by atoms with van der Waals surface area (Å²) in [4.78, 5) is 36.5. The molecule has 5 rings (SSSR count). The Labute approximate surface area is 216 Å². The van der Waals surface area contributed by atoms with Crippen molar-refractivity contribution < 1.29 is 9.59 Å². The number of aldehydes is 1. The number of terminal acetylenes is 1. The van der Waals surface area contributed by atoms with E-state index in [0.717, 1.165) is 77.4 Å². The fourth-order valence-electron chi connectivity index (χ4n) is 4.85. The largest absolute Gasteiger partial charge is 0.323 e. The average Bonchev–Trinajstić information content (AvgIpc) is 3.50. The van der Waals surface area contributed by atoms with E-state index in [1.807, 2.05) is 43.0 Å². The van der Waals surface area contributed by atoms with Gasteiger partial charge in [0.2, 0.25) is 0 Å². The zero-order valence-electron chi connectivity index (χ0n) is 21.2. The topological polar surface area (TPSA) is 78.4 Å². The number of likely N-dealkylation sites (tertiary alicyclic amines) is 2. The third-order valence-electron chi connectivity index (χ3n) is 6.83. The standard InChI is InChI=1S/C26H27N5OS.C2H4O/c1-5-19-7-6-8-20(15-19)22-23(21-13-17(2)27-18(3)14-21)33-24(28-22)29-25(32)31-12-10-26(16-31)9-11-30(26)4;1-2-3/h1,6-8,13-15H,9-12,16H2,2-4H3,(H,28,29,32);2H,1H3. The molecule has 3 aromatic rings. The molecule has 8 heteroatoms. The van der Waals surface area contributed by atoms with E-state index in [1.54, 1.807) is 0 Å². The summed E-state index contributed by atoms with van der Waals surface area (Å²) in [7, 11) is 2.15. The molecule has 0 saturated carbocycles. The molecular formula is C28H31N5O2S. The minimum atomic E-state index is -0.0847. The molecule has 4 heterocycles. The van der Waals surface area contributed by atoms with E-state index in [-0.39, 0.29) is 11.6 Å². The van der Waals surface area contributed by atoms with Crippen LogP contribution >= 0.6 is 11.3 Å². The van der Waals surface area contributed by atoms with E-state index in [2.05, 4.69) is 40.3 Å². The van der Waals surface area contributed by atoms with Crippen LogP contribution in [0.4, 0.5) is 9.93 Å². The Morgan fingerprint density at radius 1 is 1.14 bits per heavy atom. The van der Waals surface area contributed by atoms with Crippen molar-refractivity contribution in [1.82, 2.24) is 19.8 Å². The number of anilines is 1. The number of hydrogen-bond acceptors (Lipinski definition) is 6. The van der Waals surface area contributed by atoms with Crippen molar-refractivity contribution in [3.05, 3.63) is 53.3 Å². The Morgan fingerprint density at radius 2 is 1.83 bits per heavy atom. The van der Waals surface area contributed by atoms with Crippen molar-refractivity contribution in [2.24, 2.45) is 0 Å². The van der Waals surface area contributed by atoms with Gasteiger partial charge in [-0.15, -0.1) is 6.42 Å². The molecule has 2 aliphatic heterocycles. The van der Waals surface area contributed by atoms with Crippen LogP contribution in [0.1, 0.15) is 36.7 Å². The van der Waals surface area contributed by atoms with Gasteiger partial charge in [0.05, 0.1) is 10.6 Å². The van der Waals surface area contributed by atoms with Gasteiger partial charge in [-0.3, -0.25) is 15.2 Å². The molecule has 2 fully saturated rings. The number of aromatic nitrogens is 2. The van der Waals surface area contributed by atoms with Gasteiger partial charge in [0.1, 0.15) is 6.29 Å². The van der Waals surface area contributed by atoms with Crippen LogP contribution in [0.25, 0.3) is 21.7 Å². The molecule has 1 N–H and O–H groups in total. The van der Waals surface area contributed by atoms with E-state index in [1.165, 1.54) is 18.3 Å². The lowest BCUT2D eigenvalue weighted by Gasteiger charge is -2.48. The van der Waals surface area contributed by atoms with Crippen molar-refractivity contribution >= 4 is 28.8 Å². The van der Waals surface area contributed by atoms with E-state index in [4.69, 9.17) is 16.2 Å². The second-order valence-corrected chi connectivity index (χ2v) is 10.3. The van der Waals surface area contributed by atoms with Crippen molar-refractivity contribution in [1.29, 1.82) is 0 Å². The van der Waals surface area contributed by atoms with Crippen molar-refractivity contribution in [3.63, 3.8) is 0 Å². The van der Waals surface area contributed by atoms with Gasteiger partial charge < -0.3 is 9.69 Å². The predicted molar refractivity (Wildman–Crippen MR) is 145 cm³/mol. The first kappa shape index (κ1) is 25.5. The van der Waals surface area contributed by atoms with Gasteiger partial charge in [-0.25, -0.2) is 9.78 Å². The van der Waals surface area contributed by atoms with E-state index in [9.17, 15) is 4.79 Å². The van der Waals surface area contributed by atoms with Crippen LogP contribution in [0.15, 0.2) is 36.4 Å². The summed E-state index contributed by atoms with van der Waals surface area (Å²) < 4.78 is 0. The monoisotopic (exact) mass is 501 g/mol. The molecule has 2 aliphatic rings. The van der Waals surface area contributed by atoms with Crippen LogP contribution in [0.5, 0.6) is 0 Å². The highest BCUT2D eigenvalue weighted by Crippen LogP contribution is 2.41.